The summed E-state index contributed by atoms with van der Waals surface area (Å²) in [6, 6.07) is 6.97. The summed E-state index contributed by atoms with van der Waals surface area (Å²) in [5, 5.41) is 9.59. The molecule has 9 nitrogen and oxygen atoms in total. The normalized spacial score (nSPS) is 14.2. The molecule has 1 saturated heterocycles. The van der Waals surface area contributed by atoms with Gasteiger partial charge in [0, 0.05) is 13.2 Å². The molecule has 4 rings (SSSR count). The first-order chi connectivity index (χ1) is 14.1. The van der Waals surface area contributed by atoms with Gasteiger partial charge in [-0.25, -0.2) is 0 Å². The molecule has 0 radical (unpaired) electrons. The third-order valence-corrected chi connectivity index (χ3v) is 4.76. The molecule has 9 heteroatoms. The fourth-order valence-corrected chi connectivity index (χ4v) is 3.34. The van der Waals surface area contributed by atoms with Crippen LogP contribution in [0.2, 0.25) is 0 Å². The van der Waals surface area contributed by atoms with Gasteiger partial charge in [0.2, 0.25) is 0 Å². The van der Waals surface area contributed by atoms with Crippen molar-refractivity contribution in [1.82, 2.24) is 20.0 Å². The number of carbonyl (C=O) groups is 2. The predicted octanol–water partition coefficient (Wildman–Crippen LogP) is 2.38. The summed E-state index contributed by atoms with van der Waals surface area (Å²) in [6.07, 6.45) is 5.50. The zero-order chi connectivity index (χ0) is 20.2. The molecule has 0 aliphatic carbocycles. The van der Waals surface area contributed by atoms with Gasteiger partial charge in [0.25, 0.3) is 11.8 Å². The number of anilines is 1. The van der Waals surface area contributed by atoms with E-state index in [1.165, 1.54) is 23.8 Å². The first-order valence-electron chi connectivity index (χ1n) is 9.55. The van der Waals surface area contributed by atoms with Crippen LogP contribution in [0.25, 0.3) is 0 Å². The molecular formula is C20H23N5O4. The monoisotopic (exact) mass is 397 g/mol. The van der Waals surface area contributed by atoms with Crippen molar-refractivity contribution < 1.29 is 18.4 Å². The summed E-state index contributed by atoms with van der Waals surface area (Å²) in [5.74, 6) is 0.739. The van der Waals surface area contributed by atoms with Gasteiger partial charge in [0.1, 0.15) is 11.5 Å². The molecule has 0 spiro atoms. The topological polar surface area (TPSA) is 106 Å². The van der Waals surface area contributed by atoms with Gasteiger partial charge in [-0.05, 0) is 50.2 Å². The number of carbonyl (C=O) groups excluding carboxylic acids is 2. The van der Waals surface area contributed by atoms with Gasteiger partial charge in [-0.3, -0.25) is 19.2 Å². The Morgan fingerprint density at radius 2 is 1.97 bits per heavy atom. The maximum atomic E-state index is 12.6. The Balaban J connectivity index is 1.40. The second-order valence-electron chi connectivity index (χ2n) is 7.03. The Bertz CT molecular complexity index is 983. The number of hydrogen-bond acceptors (Lipinski definition) is 6. The lowest BCUT2D eigenvalue weighted by molar-refractivity contribution is 0.0943. The molecule has 29 heavy (non-hydrogen) atoms. The molecule has 0 atom stereocenters. The molecule has 0 bridgehead atoms. The Morgan fingerprint density at radius 1 is 1.14 bits per heavy atom. The molecule has 3 aromatic heterocycles. The van der Waals surface area contributed by atoms with Gasteiger partial charge in [0.15, 0.2) is 11.5 Å². The zero-order valence-electron chi connectivity index (χ0n) is 16.2. The molecule has 2 N–H and O–H groups in total. The van der Waals surface area contributed by atoms with E-state index in [9.17, 15) is 9.59 Å². The third-order valence-electron chi connectivity index (χ3n) is 4.76. The molecule has 4 heterocycles. The van der Waals surface area contributed by atoms with Crippen LogP contribution in [0.3, 0.4) is 0 Å². The molecule has 1 aliphatic rings. The van der Waals surface area contributed by atoms with Gasteiger partial charge in [0.05, 0.1) is 25.0 Å². The van der Waals surface area contributed by atoms with Gasteiger partial charge in [-0.2, -0.15) is 5.10 Å². The number of aryl methyl sites for hydroxylation is 1. The molecule has 2 amide bonds. The summed E-state index contributed by atoms with van der Waals surface area (Å²) >= 11 is 0. The highest BCUT2D eigenvalue weighted by Gasteiger charge is 2.21. The molecule has 0 aromatic carbocycles. The fraction of sp³-hybridized carbons (Fsp3) is 0.350. The third kappa shape index (κ3) is 4.57. The van der Waals surface area contributed by atoms with Crippen molar-refractivity contribution in [2.45, 2.75) is 25.9 Å². The number of nitrogens with zero attached hydrogens (tertiary/aromatic N) is 3. The van der Waals surface area contributed by atoms with E-state index in [0.29, 0.717) is 18.0 Å². The molecule has 0 saturated carbocycles. The van der Waals surface area contributed by atoms with E-state index in [4.69, 9.17) is 8.83 Å². The number of likely N-dealkylation sites (tertiary alicyclic amines) is 1. The van der Waals surface area contributed by atoms with Gasteiger partial charge < -0.3 is 19.5 Å². The van der Waals surface area contributed by atoms with Crippen LogP contribution in [-0.2, 0) is 20.1 Å². The van der Waals surface area contributed by atoms with E-state index in [1.807, 2.05) is 6.07 Å². The van der Waals surface area contributed by atoms with E-state index >= 15 is 0 Å². The van der Waals surface area contributed by atoms with E-state index in [0.717, 1.165) is 18.8 Å². The average Bonchev–Trinajstić information content (AvgIpc) is 3.49. The van der Waals surface area contributed by atoms with E-state index < -0.39 is 11.8 Å². The largest absolute Gasteiger partial charge is 0.467 e. The van der Waals surface area contributed by atoms with Crippen molar-refractivity contribution in [2.24, 2.45) is 7.05 Å². The van der Waals surface area contributed by atoms with E-state index in [2.05, 4.69) is 20.6 Å². The quantitative estimate of drug-likeness (QED) is 0.634. The number of rotatable bonds is 7. The van der Waals surface area contributed by atoms with Crippen molar-refractivity contribution in [3.8, 4) is 0 Å². The number of nitrogens with one attached hydrogen (secondary N) is 2. The Labute approximate surface area is 167 Å². The maximum absolute atomic E-state index is 12.6. The summed E-state index contributed by atoms with van der Waals surface area (Å²) in [4.78, 5) is 27.4. The van der Waals surface area contributed by atoms with Gasteiger partial charge in [-0.15, -0.1) is 0 Å². The summed E-state index contributed by atoms with van der Waals surface area (Å²) in [6.45, 7) is 3.03. The van der Waals surface area contributed by atoms with E-state index in [1.54, 1.807) is 31.4 Å². The highest BCUT2D eigenvalue weighted by molar-refractivity contribution is 6.07. The zero-order valence-corrected chi connectivity index (χ0v) is 16.2. The van der Waals surface area contributed by atoms with Crippen LogP contribution in [0.15, 0.2) is 45.6 Å². The Kier molecular flexibility index (Phi) is 5.48. The summed E-state index contributed by atoms with van der Waals surface area (Å²) in [7, 11) is 1.68. The van der Waals surface area contributed by atoms with Crippen LogP contribution in [0, 0.1) is 0 Å². The number of furan rings is 2. The van der Waals surface area contributed by atoms with Crippen molar-refractivity contribution in [3.05, 3.63) is 59.7 Å². The SMILES string of the molecule is Cn1cc(NC(=O)c2ccc(CN3CCCC3)o2)c(C(=O)NCc2ccco2)n1. The highest BCUT2D eigenvalue weighted by Crippen LogP contribution is 2.18. The maximum Gasteiger partial charge on any atom is 0.291 e. The van der Waals surface area contributed by atoms with Gasteiger partial charge in [-0.1, -0.05) is 0 Å². The van der Waals surface area contributed by atoms with Crippen LogP contribution < -0.4 is 10.6 Å². The first kappa shape index (κ1) is 19.0. The van der Waals surface area contributed by atoms with Gasteiger partial charge >= 0.3 is 0 Å². The van der Waals surface area contributed by atoms with Crippen molar-refractivity contribution in [3.63, 3.8) is 0 Å². The minimum Gasteiger partial charge on any atom is -0.467 e. The minimum atomic E-state index is -0.425. The summed E-state index contributed by atoms with van der Waals surface area (Å²) < 4.78 is 12.4. The second-order valence-corrected chi connectivity index (χ2v) is 7.03. The van der Waals surface area contributed by atoms with Crippen molar-refractivity contribution in [1.29, 1.82) is 0 Å². The molecule has 1 fully saturated rings. The standard InChI is InChI=1S/C20H23N5O4/c1-24-13-16(18(23-24)20(27)21-11-14-5-4-10-28-14)22-19(26)17-7-6-15(29-17)12-25-8-2-3-9-25/h4-7,10,13H,2-3,8-9,11-12H2,1H3,(H,21,27)(H,22,26). The number of amides is 2. The van der Waals surface area contributed by atoms with E-state index in [-0.39, 0.29) is 18.0 Å². The van der Waals surface area contributed by atoms with Crippen LogP contribution in [-0.4, -0.2) is 39.6 Å². The Hall–Kier alpha value is -3.33. The fourth-order valence-electron chi connectivity index (χ4n) is 3.34. The van der Waals surface area contributed by atoms with Crippen LogP contribution >= 0.6 is 0 Å². The smallest absolute Gasteiger partial charge is 0.291 e. The molecule has 3 aromatic rings. The van der Waals surface area contributed by atoms with Crippen LogP contribution in [0.5, 0.6) is 0 Å². The Morgan fingerprint density at radius 3 is 2.72 bits per heavy atom. The number of hydrogen-bond donors (Lipinski definition) is 2. The lowest BCUT2D eigenvalue weighted by Crippen LogP contribution is -2.25. The molecular weight excluding hydrogens is 374 g/mol. The lowest BCUT2D eigenvalue weighted by atomic mass is 10.3. The average molecular weight is 397 g/mol. The molecule has 0 unspecified atom stereocenters. The molecule has 1 aliphatic heterocycles. The van der Waals surface area contributed by atoms with Crippen molar-refractivity contribution >= 4 is 17.5 Å². The molecule has 152 valence electrons. The lowest BCUT2D eigenvalue weighted by Gasteiger charge is -2.11. The number of aromatic nitrogens is 2. The van der Waals surface area contributed by atoms with Crippen LogP contribution in [0.4, 0.5) is 5.69 Å². The van der Waals surface area contributed by atoms with Crippen LogP contribution in [0.1, 0.15) is 45.4 Å². The minimum absolute atomic E-state index is 0.122. The summed E-state index contributed by atoms with van der Waals surface area (Å²) in [5.41, 5.74) is 0.434. The first-order valence-corrected chi connectivity index (χ1v) is 9.55. The highest BCUT2D eigenvalue weighted by atomic mass is 16.4. The predicted molar refractivity (Wildman–Crippen MR) is 104 cm³/mol. The van der Waals surface area contributed by atoms with Crippen molar-refractivity contribution in [2.75, 3.05) is 18.4 Å². The second kappa shape index (κ2) is 8.36.